The fourth-order valence-electron chi connectivity index (χ4n) is 1.41. The van der Waals surface area contributed by atoms with Crippen molar-refractivity contribution < 1.29 is 0 Å². The fourth-order valence-corrected chi connectivity index (χ4v) is 1.41. The van der Waals surface area contributed by atoms with Crippen LogP contribution in [0.15, 0.2) is 22.2 Å². The van der Waals surface area contributed by atoms with Crippen LogP contribution in [0.25, 0.3) is 0 Å². The molecule has 0 N–H and O–H groups in total. The molecular weight excluding hydrogens is 180 g/mol. The summed E-state index contributed by atoms with van der Waals surface area (Å²) in [6.07, 6.45) is 3.53. The van der Waals surface area contributed by atoms with Crippen LogP contribution >= 0.6 is 0 Å². The zero-order valence-corrected chi connectivity index (χ0v) is 8.21. The van der Waals surface area contributed by atoms with Crippen LogP contribution in [0.4, 0.5) is 0 Å². The Morgan fingerprint density at radius 2 is 2.36 bits per heavy atom. The maximum absolute atomic E-state index is 11.1. The Morgan fingerprint density at radius 1 is 1.57 bits per heavy atom. The van der Waals surface area contributed by atoms with E-state index in [2.05, 4.69) is 10.2 Å². The third-order valence-corrected chi connectivity index (χ3v) is 2.23. The Hall–Kier alpha value is -1.65. The highest BCUT2D eigenvalue weighted by Crippen LogP contribution is 2.09. The van der Waals surface area contributed by atoms with Crippen LogP contribution in [0.5, 0.6) is 0 Å². The lowest BCUT2D eigenvalue weighted by atomic mass is 10.3. The highest BCUT2D eigenvalue weighted by Gasteiger charge is 2.16. The molecule has 0 aliphatic carbocycles. The summed E-state index contributed by atoms with van der Waals surface area (Å²) < 4.78 is 1.77. The van der Waals surface area contributed by atoms with Gasteiger partial charge in [-0.15, -0.1) is 0 Å². The van der Waals surface area contributed by atoms with Crippen molar-refractivity contribution in [2.45, 2.75) is 13.0 Å². The van der Waals surface area contributed by atoms with Gasteiger partial charge in [0, 0.05) is 19.3 Å². The van der Waals surface area contributed by atoms with Crippen molar-refractivity contribution in [3.05, 3.63) is 28.2 Å². The molecule has 0 fully saturated rings. The second kappa shape index (κ2) is 3.25. The molecule has 1 aliphatic rings. The largest absolute Gasteiger partial charge is 0.298 e. The molecule has 2 rings (SSSR count). The monoisotopic (exact) mass is 192 g/mol. The van der Waals surface area contributed by atoms with Crippen LogP contribution in [0.1, 0.15) is 11.7 Å². The third-order valence-electron chi connectivity index (χ3n) is 2.23. The molecule has 14 heavy (non-hydrogen) atoms. The Kier molecular flexibility index (Phi) is 2.07. The highest BCUT2D eigenvalue weighted by atomic mass is 16.1. The maximum atomic E-state index is 11.1. The molecule has 0 bridgehead atoms. The standard InChI is InChI=1S/C9H12N4O/c1-7-9(14)3-4-13(11-7)8-5-10-12(2)6-8/h3-5,8H,6H2,1-2H3. The van der Waals surface area contributed by atoms with Gasteiger partial charge in [0.2, 0.25) is 5.43 Å². The van der Waals surface area contributed by atoms with Crippen LogP contribution < -0.4 is 5.43 Å². The number of hydrogen-bond donors (Lipinski definition) is 0. The number of hydrazone groups is 1. The summed E-state index contributed by atoms with van der Waals surface area (Å²) in [5, 5.41) is 10.1. The molecule has 2 heterocycles. The lowest BCUT2D eigenvalue weighted by Crippen LogP contribution is -2.22. The smallest absolute Gasteiger partial charge is 0.203 e. The number of likely N-dealkylation sites (N-methyl/N-ethyl adjacent to an activating group) is 1. The first kappa shape index (κ1) is 8.93. The Labute approximate surface area is 81.7 Å². The second-order valence-corrected chi connectivity index (χ2v) is 3.42. The van der Waals surface area contributed by atoms with Crippen molar-refractivity contribution in [1.82, 2.24) is 14.8 Å². The average molecular weight is 192 g/mol. The van der Waals surface area contributed by atoms with E-state index in [9.17, 15) is 4.79 Å². The summed E-state index contributed by atoms with van der Waals surface area (Å²) in [6.45, 7) is 2.52. The van der Waals surface area contributed by atoms with Gasteiger partial charge in [-0.2, -0.15) is 10.2 Å². The topological polar surface area (TPSA) is 50.5 Å². The first-order valence-corrected chi connectivity index (χ1v) is 4.48. The van der Waals surface area contributed by atoms with Crippen molar-refractivity contribution in [1.29, 1.82) is 0 Å². The van der Waals surface area contributed by atoms with Gasteiger partial charge in [-0.3, -0.25) is 14.5 Å². The molecule has 0 amide bonds. The quantitative estimate of drug-likeness (QED) is 0.630. The predicted molar refractivity (Wildman–Crippen MR) is 53.4 cm³/mol. The fraction of sp³-hybridized carbons (Fsp3) is 0.444. The molecule has 0 radical (unpaired) electrons. The Morgan fingerprint density at radius 3 is 2.93 bits per heavy atom. The van der Waals surface area contributed by atoms with E-state index in [0.29, 0.717) is 5.69 Å². The van der Waals surface area contributed by atoms with E-state index < -0.39 is 0 Å². The van der Waals surface area contributed by atoms with Gasteiger partial charge in [0.1, 0.15) is 11.7 Å². The molecule has 74 valence electrons. The molecule has 0 aromatic carbocycles. The molecule has 0 spiro atoms. The van der Waals surface area contributed by atoms with Crippen LogP contribution in [-0.4, -0.2) is 34.6 Å². The van der Waals surface area contributed by atoms with Gasteiger partial charge in [-0.05, 0) is 6.92 Å². The first-order valence-electron chi connectivity index (χ1n) is 4.48. The molecule has 1 aromatic rings. The van der Waals surface area contributed by atoms with Crippen molar-refractivity contribution in [3.8, 4) is 0 Å². The zero-order chi connectivity index (χ0) is 10.1. The van der Waals surface area contributed by atoms with Crippen LogP contribution in [0.3, 0.4) is 0 Å². The average Bonchev–Trinajstić information content (AvgIpc) is 2.57. The third kappa shape index (κ3) is 1.53. The summed E-state index contributed by atoms with van der Waals surface area (Å²) >= 11 is 0. The number of aryl methyl sites for hydroxylation is 1. The molecule has 0 saturated heterocycles. The summed E-state index contributed by atoms with van der Waals surface area (Å²) in [4.78, 5) is 11.1. The normalized spacial score (nSPS) is 20.4. The van der Waals surface area contributed by atoms with Gasteiger partial charge in [0.15, 0.2) is 0 Å². The number of nitrogens with zero attached hydrogens (tertiary/aromatic N) is 4. The first-order chi connectivity index (χ1) is 6.66. The highest BCUT2D eigenvalue weighted by molar-refractivity contribution is 5.64. The summed E-state index contributed by atoms with van der Waals surface area (Å²) in [6, 6.07) is 1.67. The minimum atomic E-state index is -0.0236. The lowest BCUT2D eigenvalue weighted by molar-refractivity contribution is 0.348. The molecule has 5 heteroatoms. The van der Waals surface area contributed by atoms with Gasteiger partial charge >= 0.3 is 0 Å². The second-order valence-electron chi connectivity index (χ2n) is 3.42. The van der Waals surface area contributed by atoms with Crippen molar-refractivity contribution in [3.63, 3.8) is 0 Å². The molecule has 1 aromatic heterocycles. The number of hydrogen-bond acceptors (Lipinski definition) is 4. The molecule has 0 saturated carbocycles. The van der Waals surface area contributed by atoms with Crippen LogP contribution in [0.2, 0.25) is 0 Å². The van der Waals surface area contributed by atoms with Crippen LogP contribution in [-0.2, 0) is 0 Å². The van der Waals surface area contributed by atoms with E-state index in [1.807, 2.05) is 18.3 Å². The van der Waals surface area contributed by atoms with Crippen molar-refractivity contribution in [2.75, 3.05) is 13.6 Å². The Balaban J connectivity index is 2.30. The van der Waals surface area contributed by atoms with Gasteiger partial charge in [0.25, 0.3) is 0 Å². The maximum Gasteiger partial charge on any atom is 0.203 e. The minimum absolute atomic E-state index is 0.0236. The SMILES string of the molecule is Cc1nn(C2C=NN(C)C2)ccc1=O. The number of aromatic nitrogens is 2. The van der Waals surface area contributed by atoms with Gasteiger partial charge < -0.3 is 0 Å². The molecular formula is C9H12N4O. The van der Waals surface area contributed by atoms with Gasteiger partial charge in [0.05, 0.1) is 12.8 Å². The van der Waals surface area contributed by atoms with E-state index in [1.54, 1.807) is 17.8 Å². The summed E-state index contributed by atoms with van der Waals surface area (Å²) in [5.74, 6) is 0. The van der Waals surface area contributed by atoms with Gasteiger partial charge in [-0.25, -0.2) is 0 Å². The predicted octanol–water partition coefficient (Wildman–Crippen LogP) is 0.0240. The van der Waals surface area contributed by atoms with E-state index in [1.165, 1.54) is 6.07 Å². The molecule has 1 aliphatic heterocycles. The summed E-state index contributed by atoms with van der Waals surface area (Å²) in [7, 11) is 1.91. The van der Waals surface area contributed by atoms with Crippen molar-refractivity contribution >= 4 is 6.21 Å². The van der Waals surface area contributed by atoms with Gasteiger partial charge in [-0.1, -0.05) is 0 Å². The molecule has 1 unspecified atom stereocenters. The molecule has 1 atom stereocenters. The number of rotatable bonds is 1. The van der Waals surface area contributed by atoms with E-state index in [4.69, 9.17) is 0 Å². The van der Waals surface area contributed by atoms with Crippen LogP contribution in [0, 0.1) is 6.92 Å². The minimum Gasteiger partial charge on any atom is -0.298 e. The van der Waals surface area contributed by atoms with E-state index >= 15 is 0 Å². The van der Waals surface area contributed by atoms with Crippen molar-refractivity contribution in [2.24, 2.45) is 5.10 Å². The Bertz CT molecular complexity index is 423. The molecule has 5 nitrogen and oxygen atoms in total. The van der Waals surface area contributed by atoms with E-state index in [-0.39, 0.29) is 11.5 Å². The zero-order valence-electron chi connectivity index (χ0n) is 8.21. The van der Waals surface area contributed by atoms with E-state index in [0.717, 1.165) is 6.54 Å². The summed E-state index contributed by atoms with van der Waals surface area (Å²) in [5.41, 5.74) is 0.500. The lowest BCUT2D eigenvalue weighted by Gasteiger charge is -2.12.